The van der Waals surface area contributed by atoms with E-state index in [4.69, 9.17) is 4.74 Å². The fourth-order valence-corrected chi connectivity index (χ4v) is 3.63. The van der Waals surface area contributed by atoms with E-state index >= 15 is 0 Å². The Morgan fingerprint density at radius 3 is 2.63 bits per heavy atom. The van der Waals surface area contributed by atoms with Gasteiger partial charge in [0.15, 0.2) is 0 Å². The quantitative estimate of drug-likeness (QED) is 0.690. The lowest BCUT2D eigenvalue weighted by Crippen LogP contribution is -2.48. The molecule has 0 N–H and O–H groups in total. The minimum atomic E-state index is 0.291. The van der Waals surface area contributed by atoms with Crippen LogP contribution in [0.4, 0.5) is 0 Å². The molecule has 0 aliphatic carbocycles. The zero-order valence-corrected chi connectivity index (χ0v) is 12.4. The minimum absolute atomic E-state index is 0.291. The van der Waals surface area contributed by atoms with Crippen molar-refractivity contribution in [3.8, 4) is 0 Å². The lowest BCUT2D eigenvalue weighted by Gasteiger charge is -2.34. The molecule has 2 heterocycles. The standard InChI is InChI=1S/C15H28N2O2/c1-3-16-10-5-7-13(16)14-8-6-11-17(14)15(18)9-12-19-4-2/h13-14H,3-12H2,1-2H3. The molecule has 2 atom stereocenters. The van der Waals surface area contributed by atoms with Gasteiger partial charge in [0.05, 0.1) is 13.0 Å². The van der Waals surface area contributed by atoms with Gasteiger partial charge in [0, 0.05) is 25.2 Å². The first-order valence-corrected chi connectivity index (χ1v) is 7.89. The van der Waals surface area contributed by atoms with Crippen LogP contribution in [0.3, 0.4) is 0 Å². The van der Waals surface area contributed by atoms with Crippen LogP contribution in [-0.4, -0.2) is 60.6 Å². The van der Waals surface area contributed by atoms with E-state index < -0.39 is 0 Å². The van der Waals surface area contributed by atoms with Crippen molar-refractivity contribution in [2.24, 2.45) is 0 Å². The monoisotopic (exact) mass is 268 g/mol. The predicted molar refractivity (Wildman–Crippen MR) is 76.1 cm³/mol. The largest absolute Gasteiger partial charge is 0.381 e. The van der Waals surface area contributed by atoms with Gasteiger partial charge in [0.2, 0.25) is 5.91 Å². The molecule has 0 aromatic rings. The van der Waals surface area contributed by atoms with E-state index in [2.05, 4.69) is 16.7 Å². The normalized spacial score (nSPS) is 28.2. The lowest BCUT2D eigenvalue weighted by atomic mass is 10.0. The summed E-state index contributed by atoms with van der Waals surface area (Å²) in [7, 11) is 0. The van der Waals surface area contributed by atoms with E-state index in [-0.39, 0.29) is 0 Å². The number of ether oxygens (including phenoxy) is 1. The van der Waals surface area contributed by atoms with Crippen LogP contribution in [-0.2, 0) is 9.53 Å². The van der Waals surface area contributed by atoms with E-state index in [0.29, 0.717) is 37.6 Å². The van der Waals surface area contributed by atoms with Crippen molar-refractivity contribution < 1.29 is 9.53 Å². The predicted octanol–water partition coefficient (Wildman–Crippen LogP) is 1.89. The molecular weight excluding hydrogens is 240 g/mol. The highest BCUT2D eigenvalue weighted by Gasteiger charge is 2.38. The Labute approximate surface area is 117 Å². The number of likely N-dealkylation sites (tertiary alicyclic amines) is 2. The van der Waals surface area contributed by atoms with Crippen LogP contribution in [0, 0.1) is 0 Å². The highest BCUT2D eigenvalue weighted by atomic mass is 16.5. The summed E-state index contributed by atoms with van der Waals surface area (Å²) in [5, 5.41) is 0. The van der Waals surface area contributed by atoms with Crippen LogP contribution < -0.4 is 0 Å². The number of rotatable bonds is 6. The Balaban J connectivity index is 1.90. The first-order chi connectivity index (χ1) is 9.27. The zero-order valence-electron chi connectivity index (χ0n) is 12.4. The highest BCUT2D eigenvalue weighted by molar-refractivity contribution is 5.77. The molecule has 0 aromatic carbocycles. The fraction of sp³-hybridized carbons (Fsp3) is 0.933. The van der Waals surface area contributed by atoms with Crippen LogP contribution in [0.25, 0.3) is 0 Å². The first-order valence-electron chi connectivity index (χ1n) is 7.89. The number of amides is 1. The van der Waals surface area contributed by atoms with E-state index in [1.165, 1.54) is 32.2 Å². The Morgan fingerprint density at radius 1 is 1.16 bits per heavy atom. The Bertz CT molecular complexity index is 296. The topological polar surface area (TPSA) is 32.8 Å². The van der Waals surface area contributed by atoms with Gasteiger partial charge < -0.3 is 9.64 Å². The van der Waals surface area contributed by atoms with E-state index in [9.17, 15) is 4.79 Å². The maximum Gasteiger partial charge on any atom is 0.225 e. The molecule has 110 valence electrons. The average Bonchev–Trinajstić information content (AvgIpc) is 3.06. The van der Waals surface area contributed by atoms with Gasteiger partial charge in [-0.2, -0.15) is 0 Å². The number of hydrogen-bond acceptors (Lipinski definition) is 3. The molecule has 1 amide bonds. The number of nitrogens with zero attached hydrogens (tertiary/aromatic N) is 2. The average molecular weight is 268 g/mol. The molecule has 0 radical (unpaired) electrons. The smallest absolute Gasteiger partial charge is 0.225 e. The van der Waals surface area contributed by atoms with Crippen molar-refractivity contribution in [3.05, 3.63) is 0 Å². The zero-order chi connectivity index (χ0) is 13.7. The van der Waals surface area contributed by atoms with Crippen LogP contribution >= 0.6 is 0 Å². The molecule has 19 heavy (non-hydrogen) atoms. The van der Waals surface area contributed by atoms with Crippen molar-refractivity contribution in [2.45, 2.75) is 58.0 Å². The molecule has 2 fully saturated rings. The second-order valence-electron chi connectivity index (χ2n) is 5.58. The number of carbonyl (C=O) groups excluding carboxylic acids is 1. The molecule has 4 heteroatoms. The van der Waals surface area contributed by atoms with E-state index in [0.717, 1.165) is 13.1 Å². The van der Waals surface area contributed by atoms with E-state index in [1.807, 2.05) is 6.92 Å². The third-order valence-corrected chi connectivity index (χ3v) is 4.55. The Kier molecular flexibility index (Phi) is 5.64. The highest BCUT2D eigenvalue weighted by Crippen LogP contribution is 2.30. The molecule has 4 nitrogen and oxygen atoms in total. The lowest BCUT2D eigenvalue weighted by molar-refractivity contribution is -0.134. The molecular formula is C15H28N2O2. The Morgan fingerprint density at radius 2 is 1.89 bits per heavy atom. The summed E-state index contributed by atoms with van der Waals surface area (Å²) < 4.78 is 5.31. The summed E-state index contributed by atoms with van der Waals surface area (Å²) in [5.74, 6) is 0.291. The van der Waals surface area contributed by atoms with Crippen LogP contribution in [0.15, 0.2) is 0 Å². The summed E-state index contributed by atoms with van der Waals surface area (Å²) in [6.45, 7) is 8.74. The summed E-state index contributed by atoms with van der Waals surface area (Å²) >= 11 is 0. The fourth-order valence-electron chi connectivity index (χ4n) is 3.63. The SMILES string of the molecule is CCOCCC(=O)N1CCCC1C1CCCN1CC. The van der Waals surface area contributed by atoms with Crippen molar-refractivity contribution >= 4 is 5.91 Å². The molecule has 0 saturated carbocycles. The van der Waals surface area contributed by atoms with Crippen molar-refractivity contribution in [1.82, 2.24) is 9.80 Å². The minimum Gasteiger partial charge on any atom is -0.381 e. The third kappa shape index (κ3) is 3.48. The summed E-state index contributed by atoms with van der Waals surface area (Å²) in [5.41, 5.74) is 0. The summed E-state index contributed by atoms with van der Waals surface area (Å²) in [4.78, 5) is 17.0. The molecule has 0 aromatic heterocycles. The van der Waals surface area contributed by atoms with Gasteiger partial charge in [-0.3, -0.25) is 9.69 Å². The number of carbonyl (C=O) groups is 1. The first kappa shape index (κ1) is 14.8. The van der Waals surface area contributed by atoms with Crippen molar-refractivity contribution in [2.75, 3.05) is 32.8 Å². The number of hydrogen-bond donors (Lipinski definition) is 0. The van der Waals surface area contributed by atoms with Gasteiger partial charge in [0.1, 0.15) is 0 Å². The van der Waals surface area contributed by atoms with Crippen molar-refractivity contribution in [3.63, 3.8) is 0 Å². The van der Waals surface area contributed by atoms with Gasteiger partial charge in [0.25, 0.3) is 0 Å². The maximum atomic E-state index is 12.3. The van der Waals surface area contributed by atoms with Crippen LogP contribution in [0.2, 0.25) is 0 Å². The van der Waals surface area contributed by atoms with Crippen LogP contribution in [0.1, 0.15) is 46.0 Å². The van der Waals surface area contributed by atoms with E-state index in [1.54, 1.807) is 0 Å². The van der Waals surface area contributed by atoms with Gasteiger partial charge in [-0.25, -0.2) is 0 Å². The second kappa shape index (κ2) is 7.25. The molecule has 2 aliphatic heterocycles. The number of likely N-dealkylation sites (N-methyl/N-ethyl adjacent to an activating group) is 1. The molecule has 2 rings (SSSR count). The van der Waals surface area contributed by atoms with Gasteiger partial charge >= 0.3 is 0 Å². The molecule has 0 bridgehead atoms. The Hall–Kier alpha value is -0.610. The molecule has 2 aliphatic rings. The third-order valence-electron chi connectivity index (χ3n) is 4.55. The van der Waals surface area contributed by atoms with Gasteiger partial charge in [-0.05, 0) is 45.7 Å². The second-order valence-corrected chi connectivity index (χ2v) is 5.58. The maximum absolute atomic E-state index is 12.3. The molecule has 0 spiro atoms. The molecule has 2 saturated heterocycles. The van der Waals surface area contributed by atoms with Gasteiger partial charge in [-0.15, -0.1) is 0 Å². The van der Waals surface area contributed by atoms with Gasteiger partial charge in [-0.1, -0.05) is 6.92 Å². The summed E-state index contributed by atoms with van der Waals surface area (Å²) in [6, 6.07) is 1.06. The summed E-state index contributed by atoms with van der Waals surface area (Å²) in [6.07, 6.45) is 5.44. The molecule has 2 unspecified atom stereocenters. The van der Waals surface area contributed by atoms with Crippen LogP contribution in [0.5, 0.6) is 0 Å². The van der Waals surface area contributed by atoms with Crippen molar-refractivity contribution in [1.29, 1.82) is 0 Å².